The molecule has 0 atom stereocenters. The van der Waals surface area contributed by atoms with Crippen LogP contribution in [0, 0.1) is 20.8 Å². The first-order valence-electron chi connectivity index (χ1n) is 8.02. The maximum atomic E-state index is 11.6. The highest BCUT2D eigenvalue weighted by atomic mass is 16.4. The number of hydrazone groups is 1. The first-order valence-corrected chi connectivity index (χ1v) is 8.02. The van der Waals surface area contributed by atoms with Crippen LogP contribution in [-0.4, -0.2) is 10.8 Å². The molecule has 0 unspecified atom stereocenters. The van der Waals surface area contributed by atoms with Crippen molar-refractivity contribution >= 4 is 22.4 Å². The molecule has 0 radical (unpaired) electrons. The SMILES string of the molecule is C/C(=N\Nc1ccccc1C)c1cc2c(C)cc(=O)oc2c(C)c1O. The van der Waals surface area contributed by atoms with Crippen molar-refractivity contribution in [2.75, 3.05) is 5.43 Å². The van der Waals surface area contributed by atoms with Crippen molar-refractivity contribution in [2.45, 2.75) is 27.7 Å². The molecule has 0 saturated carbocycles. The van der Waals surface area contributed by atoms with Gasteiger partial charge in [0, 0.05) is 22.6 Å². The molecule has 3 aromatic rings. The fourth-order valence-corrected chi connectivity index (χ4v) is 2.78. The number of benzene rings is 2. The number of nitrogens with one attached hydrogen (secondary N) is 1. The molecule has 0 fully saturated rings. The van der Waals surface area contributed by atoms with Crippen molar-refractivity contribution in [2.24, 2.45) is 5.10 Å². The van der Waals surface area contributed by atoms with Gasteiger partial charge in [-0.2, -0.15) is 5.10 Å². The molecule has 128 valence electrons. The third-order valence-corrected chi connectivity index (χ3v) is 4.32. The maximum Gasteiger partial charge on any atom is 0.336 e. The molecule has 1 heterocycles. The molecule has 2 N–H and O–H groups in total. The third-order valence-electron chi connectivity index (χ3n) is 4.32. The van der Waals surface area contributed by atoms with E-state index in [0.29, 0.717) is 22.4 Å². The zero-order valence-corrected chi connectivity index (χ0v) is 14.7. The number of aromatic hydroxyl groups is 1. The number of nitrogens with zero attached hydrogens (tertiary/aromatic N) is 1. The predicted octanol–water partition coefficient (Wildman–Crippen LogP) is 4.26. The van der Waals surface area contributed by atoms with Gasteiger partial charge in [-0.1, -0.05) is 18.2 Å². The summed E-state index contributed by atoms with van der Waals surface area (Å²) < 4.78 is 5.26. The molecular formula is C20H20N2O3. The van der Waals surface area contributed by atoms with Crippen LogP contribution < -0.4 is 11.1 Å². The minimum atomic E-state index is -0.424. The number of rotatable bonds is 3. The Kier molecular flexibility index (Phi) is 4.31. The fraction of sp³-hybridized carbons (Fsp3) is 0.200. The second kappa shape index (κ2) is 6.43. The summed E-state index contributed by atoms with van der Waals surface area (Å²) in [5.74, 6) is 0.0640. The van der Waals surface area contributed by atoms with E-state index in [1.54, 1.807) is 13.0 Å². The number of para-hydroxylation sites is 1. The molecule has 0 aliphatic heterocycles. The number of phenols is 1. The minimum absolute atomic E-state index is 0.0640. The summed E-state index contributed by atoms with van der Waals surface area (Å²) in [6, 6.07) is 11.1. The second-order valence-corrected chi connectivity index (χ2v) is 6.15. The van der Waals surface area contributed by atoms with Crippen LogP contribution in [-0.2, 0) is 0 Å². The van der Waals surface area contributed by atoms with E-state index in [2.05, 4.69) is 10.5 Å². The van der Waals surface area contributed by atoms with E-state index in [9.17, 15) is 9.90 Å². The molecule has 2 aromatic carbocycles. The zero-order valence-electron chi connectivity index (χ0n) is 14.7. The van der Waals surface area contributed by atoms with E-state index in [1.807, 2.05) is 45.0 Å². The number of aryl methyl sites for hydroxylation is 3. The van der Waals surface area contributed by atoms with Gasteiger partial charge in [-0.05, 0) is 51.0 Å². The van der Waals surface area contributed by atoms with Crippen molar-refractivity contribution in [1.82, 2.24) is 0 Å². The van der Waals surface area contributed by atoms with E-state index in [4.69, 9.17) is 4.42 Å². The summed E-state index contributed by atoms with van der Waals surface area (Å²) in [5, 5.41) is 15.7. The lowest BCUT2D eigenvalue weighted by molar-refractivity contribution is 0.467. The third kappa shape index (κ3) is 3.13. The molecule has 0 bridgehead atoms. The molecule has 0 spiro atoms. The van der Waals surface area contributed by atoms with E-state index >= 15 is 0 Å². The van der Waals surface area contributed by atoms with Crippen LogP contribution in [0.4, 0.5) is 5.69 Å². The van der Waals surface area contributed by atoms with Crippen molar-refractivity contribution in [1.29, 1.82) is 0 Å². The zero-order chi connectivity index (χ0) is 18.1. The van der Waals surface area contributed by atoms with E-state index < -0.39 is 5.63 Å². The Hall–Kier alpha value is -3.08. The van der Waals surface area contributed by atoms with E-state index in [1.165, 1.54) is 6.07 Å². The largest absolute Gasteiger partial charge is 0.507 e. The van der Waals surface area contributed by atoms with Crippen LogP contribution in [0.1, 0.15) is 29.2 Å². The summed E-state index contributed by atoms with van der Waals surface area (Å²) in [6.45, 7) is 7.39. The quantitative estimate of drug-likeness (QED) is 0.426. The van der Waals surface area contributed by atoms with Gasteiger partial charge in [0.1, 0.15) is 11.3 Å². The number of fused-ring (bicyclic) bond motifs is 1. The van der Waals surface area contributed by atoms with Gasteiger partial charge in [-0.3, -0.25) is 5.43 Å². The Bertz CT molecular complexity index is 1050. The van der Waals surface area contributed by atoms with Gasteiger partial charge in [0.05, 0.1) is 11.4 Å². The molecule has 25 heavy (non-hydrogen) atoms. The van der Waals surface area contributed by atoms with E-state index in [-0.39, 0.29) is 5.75 Å². The average molecular weight is 336 g/mol. The topological polar surface area (TPSA) is 74.8 Å². The van der Waals surface area contributed by atoms with Gasteiger partial charge in [-0.25, -0.2) is 4.79 Å². The van der Waals surface area contributed by atoms with Crippen molar-refractivity contribution < 1.29 is 9.52 Å². The molecule has 0 amide bonds. The number of hydrogen-bond acceptors (Lipinski definition) is 5. The highest BCUT2D eigenvalue weighted by Gasteiger charge is 2.15. The summed E-state index contributed by atoms with van der Waals surface area (Å²) in [7, 11) is 0. The second-order valence-electron chi connectivity index (χ2n) is 6.15. The number of anilines is 1. The highest BCUT2D eigenvalue weighted by Crippen LogP contribution is 2.32. The van der Waals surface area contributed by atoms with Crippen LogP contribution in [0.25, 0.3) is 11.0 Å². The molecular weight excluding hydrogens is 316 g/mol. The normalized spacial score (nSPS) is 11.8. The summed E-state index contributed by atoms with van der Waals surface area (Å²) in [6.07, 6.45) is 0. The van der Waals surface area contributed by atoms with Crippen molar-refractivity contribution in [3.63, 3.8) is 0 Å². The van der Waals surface area contributed by atoms with Crippen LogP contribution >= 0.6 is 0 Å². The first-order chi connectivity index (χ1) is 11.9. The molecule has 5 nitrogen and oxygen atoms in total. The molecule has 3 rings (SSSR count). The van der Waals surface area contributed by atoms with Crippen molar-refractivity contribution in [3.8, 4) is 5.75 Å². The minimum Gasteiger partial charge on any atom is -0.507 e. The molecule has 0 saturated heterocycles. The van der Waals surface area contributed by atoms with Crippen LogP contribution in [0.5, 0.6) is 5.75 Å². The molecule has 1 aromatic heterocycles. The Morgan fingerprint density at radius 3 is 2.56 bits per heavy atom. The predicted molar refractivity (Wildman–Crippen MR) is 101 cm³/mol. The molecule has 5 heteroatoms. The fourth-order valence-electron chi connectivity index (χ4n) is 2.78. The van der Waals surface area contributed by atoms with Gasteiger partial charge >= 0.3 is 5.63 Å². The van der Waals surface area contributed by atoms with Crippen LogP contribution in [0.2, 0.25) is 0 Å². The van der Waals surface area contributed by atoms with Crippen LogP contribution in [0.15, 0.2) is 50.7 Å². The first kappa shape index (κ1) is 16.8. The highest BCUT2D eigenvalue weighted by molar-refractivity contribution is 6.05. The van der Waals surface area contributed by atoms with Crippen molar-refractivity contribution in [3.05, 3.63) is 69.1 Å². The Morgan fingerprint density at radius 1 is 1.12 bits per heavy atom. The van der Waals surface area contributed by atoms with Gasteiger partial charge in [0.2, 0.25) is 0 Å². The Morgan fingerprint density at radius 2 is 1.84 bits per heavy atom. The van der Waals surface area contributed by atoms with Gasteiger partial charge in [0.15, 0.2) is 0 Å². The molecule has 0 aliphatic carbocycles. The number of phenolic OH excluding ortho intramolecular Hbond substituents is 1. The monoisotopic (exact) mass is 336 g/mol. The Labute approximate surface area is 145 Å². The van der Waals surface area contributed by atoms with Gasteiger partial charge < -0.3 is 9.52 Å². The lowest BCUT2D eigenvalue weighted by atomic mass is 10.00. The maximum absolute atomic E-state index is 11.6. The average Bonchev–Trinajstić information content (AvgIpc) is 2.57. The smallest absolute Gasteiger partial charge is 0.336 e. The van der Waals surface area contributed by atoms with Gasteiger partial charge in [-0.15, -0.1) is 0 Å². The standard InChI is InChI=1S/C20H20N2O3/c1-11-7-5-6-8-17(11)22-21-14(4)16-10-15-12(2)9-18(23)25-20(15)13(3)19(16)24/h5-10,22,24H,1-4H3/b21-14+. The number of hydrogen-bond donors (Lipinski definition) is 2. The molecule has 0 aliphatic rings. The van der Waals surface area contributed by atoms with E-state index in [0.717, 1.165) is 22.2 Å². The lowest BCUT2D eigenvalue weighted by Crippen LogP contribution is -2.04. The summed E-state index contributed by atoms with van der Waals surface area (Å²) in [5.41, 5.74) is 7.56. The summed E-state index contributed by atoms with van der Waals surface area (Å²) in [4.78, 5) is 11.6. The Balaban J connectivity index is 2.09. The lowest BCUT2D eigenvalue weighted by Gasteiger charge is -2.12. The van der Waals surface area contributed by atoms with Crippen LogP contribution in [0.3, 0.4) is 0 Å². The van der Waals surface area contributed by atoms with Gasteiger partial charge in [0.25, 0.3) is 0 Å². The summed E-state index contributed by atoms with van der Waals surface area (Å²) >= 11 is 0.